The third-order valence-corrected chi connectivity index (χ3v) is 11.0. The van der Waals surface area contributed by atoms with Gasteiger partial charge in [0.25, 0.3) is 5.56 Å². The number of ether oxygens (including phenoxy) is 2. The average Bonchev–Trinajstić information content (AvgIpc) is 3.30. The van der Waals surface area contributed by atoms with E-state index in [4.69, 9.17) is 26.1 Å². The number of fused-ring (bicyclic) bond motifs is 2. The van der Waals surface area contributed by atoms with Gasteiger partial charge in [0.05, 0.1) is 37.0 Å². The fraction of sp³-hybridized carbons (Fsp3) is 0.815. The van der Waals surface area contributed by atoms with E-state index in [0.29, 0.717) is 31.2 Å². The Morgan fingerprint density at radius 2 is 2.08 bits per heavy atom. The van der Waals surface area contributed by atoms with Gasteiger partial charge in [-0.2, -0.15) is 11.8 Å². The lowest BCUT2D eigenvalue weighted by atomic mass is 9.70. The normalized spacial score (nSPS) is 37.7. The highest BCUT2D eigenvalue weighted by atomic mass is 35.5. The summed E-state index contributed by atoms with van der Waals surface area (Å²) in [5.74, 6) is 0.989. The molecule has 2 aliphatic heterocycles. The molecule has 1 aromatic rings. The van der Waals surface area contributed by atoms with Gasteiger partial charge in [-0.3, -0.25) is 14.2 Å². The van der Waals surface area contributed by atoms with Crippen LogP contribution in [0.3, 0.4) is 0 Å². The molecule has 37 heavy (non-hydrogen) atoms. The third kappa shape index (κ3) is 5.62. The molecule has 10 heteroatoms. The first kappa shape index (κ1) is 27.4. The molecule has 0 amide bonds. The second-order valence-electron chi connectivity index (χ2n) is 11.4. The number of halogens is 1. The first-order chi connectivity index (χ1) is 17.8. The van der Waals surface area contributed by atoms with Crippen molar-refractivity contribution in [3.05, 3.63) is 27.4 Å². The maximum absolute atomic E-state index is 13.3. The Bertz CT molecular complexity index is 1050. The van der Waals surface area contributed by atoms with Crippen LogP contribution in [-0.2, 0) is 33.7 Å². The number of piperidine rings is 1. The van der Waals surface area contributed by atoms with Gasteiger partial charge in [0.15, 0.2) is 0 Å². The van der Waals surface area contributed by atoms with Crippen molar-refractivity contribution in [2.24, 2.45) is 17.8 Å². The molecule has 0 radical (unpaired) electrons. The quantitative estimate of drug-likeness (QED) is 0.497. The van der Waals surface area contributed by atoms with Gasteiger partial charge in [0, 0.05) is 47.6 Å². The first-order valence-electron chi connectivity index (χ1n) is 13.7. The van der Waals surface area contributed by atoms with Crippen LogP contribution in [0.4, 0.5) is 0 Å². The number of carboxylic acid groups (broad SMARTS) is 1. The zero-order chi connectivity index (χ0) is 26.3. The summed E-state index contributed by atoms with van der Waals surface area (Å²) in [7, 11) is 1.70. The van der Waals surface area contributed by atoms with Crippen molar-refractivity contribution in [2.75, 3.05) is 19.5 Å². The van der Waals surface area contributed by atoms with Crippen molar-refractivity contribution in [1.29, 1.82) is 0 Å². The molecule has 2 aliphatic carbocycles. The molecule has 0 aromatic carbocycles. The molecule has 1 aromatic heterocycles. The number of carboxylic acids is 1. The Labute approximate surface area is 228 Å². The molecule has 5 rings (SSSR count). The summed E-state index contributed by atoms with van der Waals surface area (Å²) in [6.07, 6.45) is 6.14. The van der Waals surface area contributed by atoms with Crippen LogP contribution < -0.4 is 10.9 Å². The van der Waals surface area contributed by atoms with E-state index in [1.165, 1.54) is 0 Å². The average molecular weight is 554 g/mol. The predicted molar refractivity (Wildman–Crippen MR) is 145 cm³/mol. The van der Waals surface area contributed by atoms with E-state index < -0.39 is 5.97 Å². The van der Waals surface area contributed by atoms with Gasteiger partial charge in [-0.05, 0) is 64.2 Å². The highest BCUT2D eigenvalue weighted by Gasteiger charge is 2.51. The number of thioether (sulfide) groups is 1. The van der Waals surface area contributed by atoms with Crippen LogP contribution in [0, 0.1) is 24.7 Å². The Hall–Kier alpha value is -1.13. The fourth-order valence-corrected chi connectivity index (χ4v) is 9.32. The van der Waals surface area contributed by atoms with E-state index in [-0.39, 0.29) is 52.3 Å². The van der Waals surface area contributed by atoms with E-state index in [1.54, 1.807) is 23.4 Å². The summed E-state index contributed by atoms with van der Waals surface area (Å²) in [6.45, 7) is 4.98. The summed E-state index contributed by atoms with van der Waals surface area (Å²) < 4.78 is 13.8. The van der Waals surface area contributed by atoms with Crippen LogP contribution in [0.15, 0.2) is 4.79 Å². The van der Waals surface area contributed by atoms with Crippen molar-refractivity contribution in [2.45, 2.75) is 100 Å². The van der Waals surface area contributed by atoms with Crippen molar-refractivity contribution in [3.8, 4) is 0 Å². The summed E-state index contributed by atoms with van der Waals surface area (Å²) in [4.78, 5) is 29.9. The third-order valence-electron chi connectivity index (χ3n) is 9.07. The smallest absolute Gasteiger partial charge is 0.308 e. The molecule has 4 aliphatic rings. The van der Waals surface area contributed by atoms with Crippen LogP contribution in [0.25, 0.3) is 0 Å². The molecule has 9 atom stereocenters. The topological polar surface area (TPSA) is 103 Å². The number of carbonyl (C=O) groups is 1. The van der Waals surface area contributed by atoms with Crippen LogP contribution in [-0.4, -0.2) is 75.0 Å². The second-order valence-corrected chi connectivity index (χ2v) is 13.2. The van der Waals surface area contributed by atoms with Crippen LogP contribution in [0.1, 0.15) is 56.1 Å². The maximum Gasteiger partial charge on any atom is 0.308 e. The van der Waals surface area contributed by atoms with E-state index >= 15 is 0 Å². The number of hydrogen-bond acceptors (Lipinski definition) is 7. The van der Waals surface area contributed by atoms with Gasteiger partial charge in [-0.25, -0.2) is 4.98 Å². The largest absolute Gasteiger partial charge is 0.481 e. The Balaban J connectivity index is 1.29. The van der Waals surface area contributed by atoms with E-state index in [0.717, 1.165) is 55.6 Å². The fourth-order valence-electron chi connectivity index (χ4n) is 7.17. The van der Waals surface area contributed by atoms with Crippen molar-refractivity contribution in [3.63, 3.8) is 0 Å². The predicted octanol–water partition coefficient (Wildman–Crippen LogP) is 3.03. The molecule has 1 saturated carbocycles. The molecule has 3 heterocycles. The van der Waals surface area contributed by atoms with E-state index in [2.05, 4.69) is 12.2 Å². The molecular weight excluding hydrogens is 514 g/mol. The van der Waals surface area contributed by atoms with Gasteiger partial charge >= 0.3 is 5.97 Å². The zero-order valence-electron chi connectivity index (χ0n) is 22.0. The summed E-state index contributed by atoms with van der Waals surface area (Å²) in [5, 5.41) is 13.7. The number of aryl methyl sites for hydroxylation is 2. The van der Waals surface area contributed by atoms with Gasteiger partial charge in [0.2, 0.25) is 0 Å². The van der Waals surface area contributed by atoms with Gasteiger partial charge in [0.1, 0.15) is 5.82 Å². The number of aromatic nitrogens is 2. The van der Waals surface area contributed by atoms with Gasteiger partial charge in [-0.15, -0.1) is 11.6 Å². The van der Waals surface area contributed by atoms with Crippen molar-refractivity contribution in [1.82, 2.24) is 14.9 Å². The highest BCUT2D eigenvalue weighted by Crippen LogP contribution is 2.48. The highest BCUT2D eigenvalue weighted by molar-refractivity contribution is 8.00. The second kappa shape index (κ2) is 11.5. The Kier molecular flexibility index (Phi) is 8.56. The molecule has 0 spiro atoms. The number of nitrogens with one attached hydrogen (secondary N) is 1. The molecule has 3 fully saturated rings. The van der Waals surface area contributed by atoms with Crippen LogP contribution >= 0.6 is 23.4 Å². The number of rotatable bonds is 7. The minimum absolute atomic E-state index is 0.00803. The molecule has 2 saturated heterocycles. The summed E-state index contributed by atoms with van der Waals surface area (Å²) in [5.41, 5.74) is 1.73. The minimum atomic E-state index is -0.705. The molecule has 0 bridgehead atoms. The zero-order valence-corrected chi connectivity index (χ0v) is 23.6. The summed E-state index contributed by atoms with van der Waals surface area (Å²) >= 11 is 8.48. The SMILES string of the molecule is CO[C@@H]1CCc2nc(C)n(CCOC3CCC(Cl)CC3C3CC(C)NC4C(C(=O)O)CSC34)c(=O)c2C1. The Morgan fingerprint density at radius 3 is 2.84 bits per heavy atom. The monoisotopic (exact) mass is 553 g/mol. The van der Waals surface area contributed by atoms with Crippen LogP contribution in [0.2, 0.25) is 0 Å². The lowest BCUT2D eigenvalue weighted by Gasteiger charge is -2.47. The van der Waals surface area contributed by atoms with Crippen LogP contribution in [0.5, 0.6) is 0 Å². The molecule has 206 valence electrons. The molecule has 8 unspecified atom stereocenters. The number of aliphatic carboxylic acids is 1. The van der Waals surface area contributed by atoms with Gasteiger partial charge in [-0.1, -0.05) is 0 Å². The summed E-state index contributed by atoms with van der Waals surface area (Å²) in [6, 6.07) is 0.258. The van der Waals surface area contributed by atoms with Gasteiger partial charge < -0.3 is 19.9 Å². The number of nitrogens with zero attached hydrogens (tertiary/aromatic N) is 2. The molecular formula is C27H40ClN3O5S. The lowest BCUT2D eigenvalue weighted by Crippen LogP contribution is -2.57. The molecule has 2 N–H and O–H groups in total. The number of methoxy groups -OCH3 is 1. The standard InChI is InChI=1S/C27H40ClN3O5S/c1-14-10-19(25-24(29-14)21(13-37-25)27(33)34)18-11-16(28)4-7-23(18)36-9-8-31-15(2)30-22-6-5-17(35-3)12-20(22)26(31)32/h14,16-19,21,23-25,29H,4-13H2,1-3H3,(H,33,34)/t14?,16?,17-,18?,19?,21?,23?,24?,25?/m1/s1. The maximum atomic E-state index is 13.3. The van der Waals surface area contributed by atoms with Crippen molar-refractivity contribution < 1.29 is 19.4 Å². The number of hydrogen-bond donors (Lipinski definition) is 2. The first-order valence-corrected chi connectivity index (χ1v) is 15.2. The van der Waals surface area contributed by atoms with E-state index in [1.807, 2.05) is 6.92 Å². The lowest BCUT2D eigenvalue weighted by molar-refractivity contribution is -0.142. The Morgan fingerprint density at radius 1 is 1.27 bits per heavy atom. The van der Waals surface area contributed by atoms with E-state index in [9.17, 15) is 14.7 Å². The molecule has 8 nitrogen and oxygen atoms in total. The number of alkyl halides is 1. The minimum Gasteiger partial charge on any atom is -0.481 e. The van der Waals surface area contributed by atoms with Crippen molar-refractivity contribution >= 4 is 29.3 Å².